The van der Waals surface area contributed by atoms with Crippen molar-refractivity contribution in [2.45, 2.75) is 31.7 Å². The highest BCUT2D eigenvalue weighted by molar-refractivity contribution is 5.92. The van der Waals surface area contributed by atoms with Crippen LogP contribution in [-0.2, 0) is 22.6 Å². The van der Waals surface area contributed by atoms with Gasteiger partial charge in [-0.1, -0.05) is 12.1 Å². The number of nitro benzene ring substituents is 1. The van der Waals surface area contributed by atoms with E-state index >= 15 is 0 Å². The molecule has 8 nitrogen and oxygen atoms in total. The second-order valence-electron chi connectivity index (χ2n) is 9.77. The molecule has 0 bridgehead atoms. The number of carbonyl (C=O) groups is 2. The number of nitro groups is 1. The molecular weight excluding hydrogens is 525 g/mol. The van der Waals surface area contributed by atoms with Gasteiger partial charge in [0.2, 0.25) is 11.8 Å². The van der Waals surface area contributed by atoms with Gasteiger partial charge in [0.15, 0.2) is 11.6 Å². The number of aromatic nitrogens is 1. The molecule has 0 unspecified atom stereocenters. The highest BCUT2D eigenvalue weighted by Gasteiger charge is 2.24. The maximum absolute atomic E-state index is 13.9. The molecule has 1 fully saturated rings. The number of piperidine rings is 1. The number of nitrogens with zero attached hydrogens (tertiary/aromatic N) is 3. The average Bonchev–Trinajstić information content (AvgIpc) is 3.35. The Labute approximate surface area is 227 Å². The third-order valence-electron chi connectivity index (χ3n) is 7.26. The Morgan fingerprint density at radius 2 is 1.65 bits per heavy atom. The van der Waals surface area contributed by atoms with Crippen molar-refractivity contribution in [1.82, 2.24) is 9.47 Å². The summed E-state index contributed by atoms with van der Waals surface area (Å²) in [6, 6.07) is 15.0. The zero-order valence-corrected chi connectivity index (χ0v) is 21.3. The highest BCUT2D eigenvalue weighted by atomic mass is 19.2. The molecule has 3 aromatic carbocycles. The number of non-ortho nitro benzene ring substituents is 1. The summed E-state index contributed by atoms with van der Waals surface area (Å²) < 4.78 is 42.8. The van der Waals surface area contributed by atoms with Crippen LogP contribution in [0.2, 0.25) is 0 Å². The Morgan fingerprint density at radius 3 is 2.35 bits per heavy atom. The van der Waals surface area contributed by atoms with Crippen molar-refractivity contribution in [3.8, 4) is 0 Å². The minimum Gasteiger partial charge on any atom is -0.341 e. The lowest BCUT2D eigenvalue weighted by molar-refractivity contribution is -0.384. The number of hydrogen-bond acceptors (Lipinski definition) is 4. The topological polar surface area (TPSA) is 97.5 Å². The molecule has 0 aliphatic carbocycles. The van der Waals surface area contributed by atoms with Crippen molar-refractivity contribution in [1.29, 1.82) is 0 Å². The number of rotatable bonds is 7. The maximum Gasteiger partial charge on any atom is 0.271 e. The number of amides is 2. The first-order valence-corrected chi connectivity index (χ1v) is 12.7. The van der Waals surface area contributed by atoms with Crippen LogP contribution in [0.5, 0.6) is 0 Å². The average molecular weight is 551 g/mol. The Balaban J connectivity index is 1.15. The fourth-order valence-corrected chi connectivity index (χ4v) is 5.07. The molecule has 40 heavy (non-hydrogen) atoms. The van der Waals surface area contributed by atoms with Gasteiger partial charge in [-0.25, -0.2) is 13.2 Å². The lowest BCUT2D eigenvalue weighted by Gasteiger charge is -2.32. The van der Waals surface area contributed by atoms with Crippen LogP contribution in [0.3, 0.4) is 0 Å². The summed E-state index contributed by atoms with van der Waals surface area (Å²) in [5.74, 6) is -4.11. The van der Waals surface area contributed by atoms with Crippen molar-refractivity contribution in [2.24, 2.45) is 0 Å². The first kappa shape index (κ1) is 26.9. The van der Waals surface area contributed by atoms with E-state index in [0.29, 0.717) is 30.4 Å². The Bertz CT molecular complexity index is 1600. The maximum atomic E-state index is 13.9. The first-order chi connectivity index (χ1) is 19.2. The van der Waals surface area contributed by atoms with Crippen LogP contribution in [0.25, 0.3) is 10.9 Å². The largest absolute Gasteiger partial charge is 0.341 e. The summed E-state index contributed by atoms with van der Waals surface area (Å²) in [7, 11) is 0. The summed E-state index contributed by atoms with van der Waals surface area (Å²) in [6.07, 6.45) is 2.60. The minimum atomic E-state index is -1.37. The summed E-state index contributed by atoms with van der Waals surface area (Å²) >= 11 is 0. The number of halogens is 3. The molecule has 1 aliphatic rings. The van der Waals surface area contributed by atoms with Gasteiger partial charge in [-0.05, 0) is 60.7 Å². The van der Waals surface area contributed by atoms with Crippen LogP contribution >= 0.6 is 0 Å². The number of benzene rings is 3. The van der Waals surface area contributed by atoms with E-state index in [9.17, 15) is 32.9 Å². The summed E-state index contributed by atoms with van der Waals surface area (Å²) in [5.41, 5.74) is 1.46. The first-order valence-electron chi connectivity index (χ1n) is 12.7. The molecule has 2 heterocycles. The van der Waals surface area contributed by atoms with Gasteiger partial charge in [0.25, 0.3) is 5.69 Å². The second kappa shape index (κ2) is 11.2. The lowest BCUT2D eigenvalue weighted by atomic mass is 9.89. The van der Waals surface area contributed by atoms with E-state index in [-0.39, 0.29) is 24.1 Å². The minimum absolute atomic E-state index is 0.0272. The molecule has 0 spiro atoms. The third kappa shape index (κ3) is 5.68. The van der Waals surface area contributed by atoms with Gasteiger partial charge < -0.3 is 14.8 Å². The van der Waals surface area contributed by atoms with Crippen LogP contribution in [0.15, 0.2) is 66.9 Å². The number of carbonyl (C=O) groups excluding carboxylic acids is 2. The number of hydrogen-bond donors (Lipinski definition) is 1. The van der Waals surface area contributed by atoms with Crippen molar-refractivity contribution in [3.63, 3.8) is 0 Å². The monoisotopic (exact) mass is 550 g/mol. The summed E-state index contributed by atoms with van der Waals surface area (Å²) in [6.45, 7) is 1.21. The lowest BCUT2D eigenvalue weighted by Crippen LogP contribution is -2.39. The Morgan fingerprint density at radius 1 is 0.950 bits per heavy atom. The van der Waals surface area contributed by atoms with Crippen LogP contribution in [0.4, 0.5) is 24.5 Å². The zero-order chi connectivity index (χ0) is 28.4. The standard InChI is InChI=1S/C29H25F3N4O4/c30-24-7-8-25(31)29(32)23(24)16-27(37)33-21-4-1-18(2-5-21)19-9-12-34(13-10-19)28(38)17-35-14-11-20-3-6-22(36(39)40)15-26(20)35/h1-8,11,14-15,19H,9-10,12-13,16-17H2,(H,33,37). The van der Waals surface area contributed by atoms with E-state index in [4.69, 9.17) is 0 Å². The molecule has 0 atom stereocenters. The predicted octanol–water partition coefficient (Wildman–Crippen LogP) is 5.55. The van der Waals surface area contributed by atoms with E-state index in [0.717, 1.165) is 29.9 Å². The van der Waals surface area contributed by atoms with Gasteiger partial charge in [-0.2, -0.15) is 0 Å². The SMILES string of the molecule is O=C(Cc1c(F)ccc(F)c1F)Nc1ccc(C2CCN(C(=O)Cn3ccc4ccc([N+](=O)[O-])cc43)CC2)cc1. The molecule has 0 radical (unpaired) electrons. The number of likely N-dealkylation sites (tertiary alicyclic amines) is 1. The molecule has 2 amide bonds. The quantitative estimate of drug-likeness (QED) is 0.185. The van der Waals surface area contributed by atoms with Gasteiger partial charge in [0.1, 0.15) is 12.4 Å². The van der Waals surface area contributed by atoms with Crippen LogP contribution < -0.4 is 5.32 Å². The van der Waals surface area contributed by atoms with E-state index < -0.39 is 40.3 Å². The number of nitrogens with one attached hydrogen (secondary N) is 1. The number of fused-ring (bicyclic) bond motifs is 1. The van der Waals surface area contributed by atoms with Gasteiger partial charge in [0.05, 0.1) is 16.9 Å². The van der Waals surface area contributed by atoms with Gasteiger partial charge in [-0.15, -0.1) is 0 Å². The van der Waals surface area contributed by atoms with E-state index in [1.54, 1.807) is 33.9 Å². The number of anilines is 1. The van der Waals surface area contributed by atoms with Crippen molar-refractivity contribution in [2.75, 3.05) is 18.4 Å². The molecule has 4 aromatic rings. The zero-order valence-electron chi connectivity index (χ0n) is 21.3. The summed E-state index contributed by atoms with van der Waals surface area (Å²) in [4.78, 5) is 37.7. The fraction of sp³-hybridized carbons (Fsp3) is 0.241. The van der Waals surface area contributed by atoms with E-state index in [1.807, 2.05) is 18.2 Å². The van der Waals surface area contributed by atoms with E-state index in [2.05, 4.69) is 5.32 Å². The molecule has 5 rings (SSSR count). The molecular formula is C29H25F3N4O4. The molecule has 1 saturated heterocycles. The van der Waals surface area contributed by atoms with Gasteiger partial charge >= 0.3 is 0 Å². The molecule has 206 valence electrons. The molecule has 1 aromatic heterocycles. The molecule has 0 saturated carbocycles. The Kier molecular flexibility index (Phi) is 7.54. The van der Waals surface area contributed by atoms with Crippen molar-refractivity contribution in [3.05, 3.63) is 106 Å². The molecule has 1 aliphatic heterocycles. The second-order valence-corrected chi connectivity index (χ2v) is 9.77. The fourth-order valence-electron chi connectivity index (χ4n) is 5.07. The third-order valence-corrected chi connectivity index (χ3v) is 7.26. The van der Waals surface area contributed by atoms with Gasteiger partial charge in [0, 0.05) is 48.1 Å². The van der Waals surface area contributed by atoms with E-state index in [1.165, 1.54) is 12.1 Å². The van der Waals surface area contributed by atoms with Crippen molar-refractivity contribution >= 4 is 34.1 Å². The smallest absolute Gasteiger partial charge is 0.271 e. The van der Waals surface area contributed by atoms with Gasteiger partial charge in [-0.3, -0.25) is 19.7 Å². The molecule has 11 heteroatoms. The van der Waals surface area contributed by atoms with Crippen LogP contribution in [-0.4, -0.2) is 39.3 Å². The van der Waals surface area contributed by atoms with Crippen molar-refractivity contribution < 1.29 is 27.7 Å². The predicted molar refractivity (Wildman–Crippen MR) is 142 cm³/mol. The Hall–Kier alpha value is -4.67. The molecule has 1 N–H and O–H groups in total. The highest BCUT2D eigenvalue weighted by Crippen LogP contribution is 2.29. The van der Waals surface area contributed by atoms with Crippen LogP contribution in [0.1, 0.15) is 29.9 Å². The normalized spacial score (nSPS) is 13.9. The van der Waals surface area contributed by atoms with Crippen LogP contribution in [0, 0.1) is 27.6 Å². The summed E-state index contributed by atoms with van der Waals surface area (Å²) in [5, 5.41) is 14.5.